The summed E-state index contributed by atoms with van der Waals surface area (Å²) < 4.78 is 15.7. The van der Waals surface area contributed by atoms with Gasteiger partial charge in [-0.1, -0.05) is 31.2 Å². The fraction of sp³-hybridized carbons (Fsp3) is 0.480. The average Bonchev–Trinajstić information content (AvgIpc) is 3.08. The summed E-state index contributed by atoms with van der Waals surface area (Å²) in [5, 5.41) is 0. The monoisotopic (exact) mass is 408 g/mol. The van der Waals surface area contributed by atoms with Crippen LogP contribution in [0.5, 0.6) is 0 Å². The first-order chi connectivity index (χ1) is 14.6. The van der Waals surface area contributed by atoms with Crippen LogP contribution in [0.3, 0.4) is 0 Å². The van der Waals surface area contributed by atoms with Crippen LogP contribution in [-0.4, -0.2) is 52.1 Å². The number of nitrogens with zero attached hydrogens (tertiary/aromatic N) is 4. The van der Waals surface area contributed by atoms with Crippen molar-refractivity contribution in [2.45, 2.75) is 32.7 Å². The van der Waals surface area contributed by atoms with Gasteiger partial charge in [0.2, 0.25) is 0 Å². The lowest BCUT2D eigenvalue weighted by atomic mass is 9.97. The van der Waals surface area contributed by atoms with Crippen LogP contribution in [0.25, 0.3) is 11.0 Å². The summed E-state index contributed by atoms with van der Waals surface area (Å²) in [7, 11) is 2.12. The fourth-order valence-corrected chi connectivity index (χ4v) is 4.69. The normalized spacial score (nSPS) is 17.8. The summed E-state index contributed by atoms with van der Waals surface area (Å²) in [5.41, 5.74) is 3.37. The fourth-order valence-electron chi connectivity index (χ4n) is 4.69. The number of aromatic nitrogens is 2. The lowest BCUT2D eigenvalue weighted by Gasteiger charge is -2.35. The number of rotatable bonds is 8. The van der Waals surface area contributed by atoms with E-state index >= 15 is 0 Å². The Kier molecular flexibility index (Phi) is 6.80. The molecule has 0 spiro atoms. The van der Waals surface area contributed by atoms with Crippen LogP contribution in [0.15, 0.2) is 48.5 Å². The minimum Gasteiger partial charge on any atom is -0.330 e. The van der Waals surface area contributed by atoms with Gasteiger partial charge in [-0.15, -0.1) is 0 Å². The van der Waals surface area contributed by atoms with Gasteiger partial charge in [0.05, 0.1) is 17.6 Å². The first-order valence-corrected chi connectivity index (χ1v) is 11.2. The van der Waals surface area contributed by atoms with Crippen molar-refractivity contribution in [3.8, 4) is 0 Å². The Labute approximate surface area is 179 Å². The zero-order valence-electron chi connectivity index (χ0n) is 18.2. The highest BCUT2D eigenvalue weighted by Gasteiger charge is 2.22. The van der Waals surface area contributed by atoms with E-state index in [1.54, 1.807) is 6.07 Å². The minimum atomic E-state index is -0.135. The predicted octanol–water partition coefficient (Wildman–Crippen LogP) is 4.49. The van der Waals surface area contributed by atoms with Gasteiger partial charge in [0, 0.05) is 26.7 Å². The number of benzene rings is 2. The molecule has 1 unspecified atom stereocenters. The largest absolute Gasteiger partial charge is 0.330 e. The molecule has 2 heterocycles. The van der Waals surface area contributed by atoms with E-state index in [0.717, 1.165) is 62.6 Å². The van der Waals surface area contributed by atoms with Gasteiger partial charge in [0.25, 0.3) is 0 Å². The first kappa shape index (κ1) is 21.0. The molecule has 1 aliphatic rings. The summed E-state index contributed by atoms with van der Waals surface area (Å²) in [4.78, 5) is 9.95. The molecule has 0 bridgehead atoms. The zero-order chi connectivity index (χ0) is 20.9. The SMILES string of the molecule is CCN(Cc1nc2ccccc2n1C)CC1CCCN(CCc2cccc(F)c2)C1. The van der Waals surface area contributed by atoms with Gasteiger partial charge >= 0.3 is 0 Å². The Hall–Kier alpha value is -2.24. The molecule has 4 nitrogen and oxygen atoms in total. The third-order valence-corrected chi connectivity index (χ3v) is 6.42. The number of imidazole rings is 1. The Morgan fingerprint density at radius 3 is 2.83 bits per heavy atom. The van der Waals surface area contributed by atoms with E-state index in [0.29, 0.717) is 5.92 Å². The lowest BCUT2D eigenvalue weighted by molar-refractivity contribution is 0.131. The molecule has 0 saturated carbocycles. The van der Waals surface area contributed by atoms with Crippen molar-refractivity contribution in [3.05, 3.63) is 65.7 Å². The van der Waals surface area contributed by atoms with Gasteiger partial charge in [-0.3, -0.25) is 4.90 Å². The predicted molar refractivity (Wildman–Crippen MR) is 121 cm³/mol. The molecule has 5 heteroatoms. The number of para-hydroxylation sites is 2. The molecule has 1 saturated heterocycles. The Balaban J connectivity index is 1.33. The highest BCUT2D eigenvalue weighted by molar-refractivity contribution is 5.75. The number of piperidine rings is 1. The van der Waals surface area contributed by atoms with Crippen LogP contribution in [-0.2, 0) is 20.0 Å². The van der Waals surface area contributed by atoms with E-state index < -0.39 is 0 Å². The van der Waals surface area contributed by atoms with E-state index in [1.807, 2.05) is 12.1 Å². The highest BCUT2D eigenvalue weighted by Crippen LogP contribution is 2.20. The average molecular weight is 409 g/mol. The molecule has 0 radical (unpaired) electrons. The number of fused-ring (bicyclic) bond motifs is 1. The quantitative estimate of drug-likeness (QED) is 0.549. The summed E-state index contributed by atoms with van der Waals surface area (Å²) in [6, 6.07) is 15.4. The van der Waals surface area contributed by atoms with E-state index in [2.05, 4.69) is 52.6 Å². The Bertz CT molecular complexity index is 967. The molecule has 1 atom stereocenters. The van der Waals surface area contributed by atoms with Gasteiger partial charge in [0.15, 0.2) is 0 Å². The van der Waals surface area contributed by atoms with Gasteiger partial charge in [0.1, 0.15) is 11.6 Å². The maximum atomic E-state index is 13.4. The molecule has 1 fully saturated rings. The molecule has 0 aliphatic carbocycles. The van der Waals surface area contributed by atoms with E-state index in [-0.39, 0.29) is 5.82 Å². The summed E-state index contributed by atoms with van der Waals surface area (Å²) in [6.45, 7) is 8.57. The third kappa shape index (κ3) is 5.08. The lowest BCUT2D eigenvalue weighted by Crippen LogP contribution is -2.41. The van der Waals surface area contributed by atoms with Crippen molar-refractivity contribution in [1.29, 1.82) is 0 Å². The van der Waals surface area contributed by atoms with Crippen LogP contribution in [0.2, 0.25) is 0 Å². The number of likely N-dealkylation sites (tertiary alicyclic amines) is 1. The van der Waals surface area contributed by atoms with Crippen LogP contribution in [0.4, 0.5) is 4.39 Å². The molecule has 1 aromatic heterocycles. The summed E-state index contributed by atoms with van der Waals surface area (Å²) >= 11 is 0. The molecule has 4 rings (SSSR count). The number of aryl methyl sites for hydroxylation is 1. The van der Waals surface area contributed by atoms with Crippen molar-refractivity contribution in [1.82, 2.24) is 19.4 Å². The smallest absolute Gasteiger partial charge is 0.123 e. The molecule has 30 heavy (non-hydrogen) atoms. The molecule has 3 aromatic rings. The van der Waals surface area contributed by atoms with Gasteiger partial charge in [-0.05, 0) is 68.1 Å². The summed E-state index contributed by atoms with van der Waals surface area (Å²) in [5.74, 6) is 1.68. The molecular weight excluding hydrogens is 375 g/mol. The van der Waals surface area contributed by atoms with Crippen molar-refractivity contribution in [3.63, 3.8) is 0 Å². The maximum absolute atomic E-state index is 13.4. The number of hydrogen-bond acceptors (Lipinski definition) is 3. The molecule has 0 amide bonds. The van der Waals surface area contributed by atoms with Gasteiger partial charge < -0.3 is 9.47 Å². The third-order valence-electron chi connectivity index (χ3n) is 6.42. The Morgan fingerprint density at radius 1 is 1.17 bits per heavy atom. The number of halogens is 1. The van der Waals surface area contributed by atoms with Crippen LogP contribution in [0, 0.1) is 11.7 Å². The zero-order valence-corrected chi connectivity index (χ0v) is 18.2. The number of hydrogen-bond donors (Lipinski definition) is 0. The van der Waals surface area contributed by atoms with Crippen LogP contribution in [0.1, 0.15) is 31.2 Å². The second-order valence-electron chi connectivity index (χ2n) is 8.59. The molecular formula is C25H33FN4. The highest BCUT2D eigenvalue weighted by atomic mass is 19.1. The molecule has 2 aromatic carbocycles. The summed E-state index contributed by atoms with van der Waals surface area (Å²) in [6.07, 6.45) is 3.45. The van der Waals surface area contributed by atoms with Gasteiger partial charge in [-0.2, -0.15) is 0 Å². The Morgan fingerprint density at radius 2 is 2.03 bits per heavy atom. The van der Waals surface area contributed by atoms with Gasteiger partial charge in [-0.25, -0.2) is 9.37 Å². The van der Waals surface area contributed by atoms with Crippen molar-refractivity contribution in [2.24, 2.45) is 13.0 Å². The molecule has 0 N–H and O–H groups in total. The second kappa shape index (κ2) is 9.71. The first-order valence-electron chi connectivity index (χ1n) is 11.2. The standard InChI is InChI=1S/C25H33FN4/c1-3-29(19-25-27-23-11-4-5-12-24(23)28(25)2)17-21-9-7-14-30(18-21)15-13-20-8-6-10-22(26)16-20/h4-6,8,10-12,16,21H,3,7,9,13-15,17-19H2,1-2H3. The topological polar surface area (TPSA) is 24.3 Å². The van der Waals surface area contributed by atoms with Crippen molar-refractivity contribution in [2.75, 3.05) is 32.7 Å². The van der Waals surface area contributed by atoms with Crippen molar-refractivity contribution >= 4 is 11.0 Å². The van der Waals surface area contributed by atoms with E-state index in [9.17, 15) is 4.39 Å². The van der Waals surface area contributed by atoms with Crippen LogP contribution >= 0.6 is 0 Å². The van der Waals surface area contributed by atoms with Crippen LogP contribution < -0.4 is 0 Å². The van der Waals surface area contributed by atoms with E-state index in [1.165, 1.54) is 24.4 Å². The molecule has 160 valence electrons. The second-order valence-corrected chi connectivity index (χ2v) is 8.59. The minimum absolute atomic E-state index is 0.135. The molecule has 1 aliphatic heterocycles. The van der Waals surface area contributed by atoms with E-state index in [4.69, 9.17) is 4.98 Å². The maximum Gasteiger partial charge on any atom is 0.123 e. The van der Waals surface area contributed by atoms with Crippen molar-refractivity contribution < 1.29 is 4.39 Å².